The predicted octanol–water partition coefficient (Wildman–Crippen LogP) is 2.22. The van der Waals surface area contributed by atoms with Crippen molar-refractivity contribution < 1.29 is 4.79 Å². The molecule has 2 aromatic heterocycles. The summed E-state index contributed by atoms with van der Waals surface area (Å²) in [5.74, 6) is 0.00781. The number of pyridine rings is 1. The highest BCUT2D eigenvalue weighted by molar-refractivity contribution is 7.09. The molecular formula is C15H22Cl3N5OS. The van der Waals surface area contributed by atoms with Crippen molar-refractivity contribution >= 4 is 54.5 Å². The van der Waals surface area contributed by atoms with E-state index >= 15 is 0 Å². The van der Waals surface area contributed by atoms with Crippen LogP contribution in [-0.2, 0) is 13.1 Å². The maximum Gasteiger partial charge on any atom is 0.273 e. The molecule has 140 valence electrons. The fourth-order valence-electron chi connectivity index (χ4n) is 2.49. The SMILES string of the molecule is Cl.Cl.Cl.NCc1nc(C(=O)N2CCN(Cc3ccccn3)CC2)cs1. The molecule has 3 rings (SSSR count). The Hall–Kier alpha value is -0.960. The lowest BCUT2D eigenvalue weighted by molar-refractivity contribution is 0.0622. The van der Waals surface area contributed by atoms with Gasteiger partial charge in [0.05, 0.1) is 5.69 Å². The lowest BCUT2D eigenvalue weighted by Gasteiger charge is -2.34. The van der Waals surface area contributed by atoms with E-state index in [1.165, 1.54) is 11.3 Å². The van der Waals surface area contributed by atoms with Gasteiger partial charge in [-0.1, -0.05) is 6.07 Å². The molecule has 1 aliphatic rings. The third-order valence-corrected chi connectivity index (χ3v) is 4.59. The second kappa shape index (κ2) is 11.6. The van der Waals surface area contributed by atoms with Gasteiger partial charge in [-0.3, -0.25) is 14.7 Å². The molecule has 0 atom stereocenters. The monoisotopic (exact) mass is 425 g/mol. The van der Waals surface area contributed by atoms with Crippen molar-refractivity contribution in [3.05, 3.63) is 46.2 Å². The first-order chi connectivity index (χ1) is 10.8. The van der Waals surface area contributed by atoms with Crippen LogP contribution in [0.5, 0.6) is 0 Å². The normalized spacial score (nSPS) is 14.0. The summed E-state index contributed by atoms with van der Waals surface area (Å²) in [6.45, 7) is 4.38. The highest BCUT2D eigenvalue weighted by Crippen LogP contribution is 2.13. The number of amides is 1. The smallest absolute Gasteiger partial charge is 0.273 e. The van der Waals surface area contributed by atoms with E-state index in [-0.39, 0.29) is 43.1 Å². The average Bonchev–Trinajstić information content (AvgIpc) is 3.05. The standard InChI is InChI=1S/C15H19N5OS.3ClH/c16-9-14-18-13(11-22-14)15(21)20-7-5-19(6-8-20)10-12-3-1-2-4-17-12;;;/h1-4,11H,5-10,16H2;3*1H. The molecule has 25 heavy (non-hydrogen) atoms. The molecule has 0 bridgehead atoms. The number of nitrogens with two attached hydrogens (primary N) is 1. The zero-order valence-electron chi connectivity index (χ0n) is 13.5. The van der Waals surface area contributed by atoms with Crippen molar-refractivity contribution in [2.24, 2.45) is 5.73 Å². The number of thiazole rings is 1. The van der Waals surface area contributed by atoms with E-state index in [0.29, 0.717) is 12.2 Å². The predicted molar refractivity (Wildman–Crippen MR) is 107 cm³/mol. The first kappa shape index (κ1) is 24.0. The summed E-state index contributed by atoms with van der Waals surface area (Å²) in [4.78, 5) is 25.2. The first-order valence-electron chi connectivity index (χ1n) is 7.32. The highest BCUT2D eigenvalue weighted by Gasteiger charge is 2.23. The van der Waals surface area contributed by atoms with E-state index in [0.717, 1.165) is 43.4 Å². The van der Waals surface area contributed by atoms with Gasteiger partial charge in [0.15, 0.2) is 0 Å². The third kappa shape index (κ3) is 6.36. The number of carbonyl (C=O) groups is 1. The first-order valence-corrected chi connectivity index (χ1v) is 8.20. The van der Waals surface area contributed by atoms with Gasteiger partial charge in [0.2, 0.25) is 0 Å². The molecule has 1 saturated heterocycles. The number of aromatic nitrogens is 2. The van der Waals surface area contributed by atoms with Crippen LogP contribution in [0.4, 0.5) is 0 Å². The second-order valence-corrected chi connectivity index (χ2v) is 6.16. The minimum absolute atomic E-state index is 0. The molecule has 1 aliphatic heterocycles. The summed E-state index contributed by atoms with van der Waals surface area (Å²) in [5, 5.41) is 2.60. The Morgan fingerprint density at radius 3 is 2.44 bits per heavy atom. The van der Waals surface area contributed by atoms with E-state index in [9.17, 15) is 4.79 Å². The van der Waals surface area contributed by atoms with Crippen LogP contribution in [0.3, 0.4) is 0 Å². The molecule has 1 fully saturated rings. The van der Waals surface area contributed by atoms with Gasteiger partial charge in [-0.25, -0.2) is 4.98 Å². The number of halogens is 3. The summed E-state index contributed by atoms with van der Waals surface area (Å²) >= 11 is 1.44. The summed E-state index contributed by atoms with van der Waals surface area (Å²) in [7, 11) is 0. The number of carbonyl (C=O) groups excluding carboxylic acids is 1. The van der Waals surface area contributed by atoms with Crippen molar-refractivity contribution in [3.63, 3.8) is 0 Å². The maximum atomic E-state index is 12.4. The van der Waals surface area contributed by atoms with Gasteiger partial charge in [-0.15, -0.1) is 48.6 Å². The molecular weight excluding hydrogens is 405 g/mol. The van der Waals surface area contributed by atoms with Crippen LogP contribution in [0.1, 0.15) is 21.2 Å². The Bertz CT molecular complexity index is 635. The van der Waals surface area contributed by atoms with Crippen LogP contribution in [-0.4, -0.2) is 51.9 Å². The van der Waals surface area contributed by atoms with Crippen LogP contribution in [0.15, 0.2) is 29.8 Å². The van der Waals surface area contributed by atoms with Gasteiger partial charge in [0, 0.05) is 50.8 Å². The maximum absolute atomic E-state index is 12.4. The van der Waals surface area contributed by atoms with E-state index in [2.05, 4.69) is 14.9 Å². The molecule has 10 heteroatoms. The highest BCUT2D eigenvalue weighted by atomic mass is 35.5. The van der Waals surface area contributed by atoms with Gasteiger partial charge < -0.3 is 10.6 Å². The van der Waals surface area contributed by atoms with Gasteiger partial charge >= 0.3 is 0 Å². The van der Waals surface area contributed by atoms with Crippen LogP contribution in [0.2, 0.25) is 0 Å². The van der Waals surface area contributed by atoms with Gasteiger partial charge in [-0.2, -0.15) is 0 Å². The number of nitrogens with zero attached hydrogens (tertiary/aromatic N) is 4. The Kier molecular flexibility index (Phi) is 11.2. The lowest BCUT2D eigenvalue weighted by Crippen LogP contribution is -2.48. The van der Waals surface area contributed by atoms with E-state index < -0.39 is 0 Å². The van der Waals surface area contributed by atoms with Crippen molar-refractivity contribution in [3.8, 4) is 0 Å². The lowest BCUT2D eigenvalue weighted by atomic mass is 10.2. The molecule has 0 spiro atoms. The molecule has 6 nitrogen and oxygen atoms in total. The topological polar surface area (TPSA) is 75.3 Å². The van der Waals surface area contributed by atoms with Crippen molar-refractivity contribution in [2.75, 3.05) is 26.2 Å². The molecule has 1 amide bonds. The minimum atomic E-state index is 0. The minimum Gasteiger partial charge on any atom is -0.335 e. The second-order valence-electron chi connectivity index (χ2n) is 5.22. The Labute approximate surface area is 170 Å². The third-order valence-electron chi connectivity index (χ3n) is 3.72. The van der Waals surface area contributed by atoms with Crippen LogP contribution < -0.4 is 5.73 Å². The van der Waals surface area contributed by atoms with Crippen molar-refractivity contribution in [1.82, 2.24) is 19.8 Å². The van der Waals surface area contributed by atoms with Gasteiger partial charge in [0.25, 0.3) is 5.91 Å². The number of piperazine rings is 1. The Balaban J connectivity index is 0.00000192. The van der Waals surface area contributed by atoms with E-state index in [1.807, 2.05) is 29.3 Å². The van der Waals surface area contributed by atoms with E-state index in [1.54, 1.807) is 5.38 Å². The van der Waals surface area contributed by atoms with Gasteiger partial charge in [-0.05, 0) is 12.1 Å². The molecule has 0 radical (unpaired) electrons. The van der Waals surface area contributed by atoms with Gasteiger partial charge in [0.1, 0.15) is 10.7 Å². The van der Waals surface area contributed by atoms with Crippen LogP contribution in [0, 0.1) is 0 Å². The Morgan fingerprint density at radius 2 is 1.88 bits per heavy atom. The van der Waals surface area contributed by atoms with E-state index in [4.69, 9.17) is 5.73 Å². The molecule has 0 unspecified atom stereocenters. The Morgan fingerprint density at radius 1 is 1.16 bits per heavy atom. The molecule has 0 saturated carbocycles. The summed E-state index contributed by atoms with van der Waals surface area (Å²) < 4.78 is 0. The van der Waals surface area contributed by atoms with Crippen LogP contribution >= 0.6 is 48.6 Å². The number of hydrogen-bond acceptors (Lipinski definition) is 6. The molecule has 0 aliphatic carbocycles. The zero-order valence-corrected chi connectivity index (χ0v) is 16.8. The molecule has 3 heterocycles. The van der Waals surface area contributed by atoms with Crippen molar-refractivity contribution in [2.45, 2.75) is 13.1 Å². The average molecular weight is 427 g/mol. The molecule has 2 aromatic rings. The van der Waals surface area contributed by atoms with Crippen LogP contribution in [0.25, 0.3) is 0 Å². The summed E-state index contributed by atoms with van der Waals surface area (Å²) in [6.07, 6.45) is 1.81. The number of hydrogen-bond donors (Lipinski definition) is 1. The zero-order chi connectivity index (χ0) is 15.4. The summed E-state index contributed by atoms with van der Waals surface area (Å²) in [5.41, 5.74) is 7.13. The summed E-state index contributed by atoms with van der Waals surface area (Å²) in [6, 6.07) is 5.95. The number of rotatable bonds is 4. The largest absolute Gasteiger partial charge is 0.335 e. The quantitative estimate of drug-likeness (QED) is 0.811. The molecule has 0 aromatic carbocycles. The van der Waals surface area contributed by atoms with Crippen molar-refractivity contribution in [1.29, 1.82) is 0 Å². The molecule has 2 N–H and O–H groups in total. The fraction of sp³-hybridized carbons (Fsp3) is 0.400. The fourth-order valence-corrected chi connectivity index (χ4v) is 3.14.